The molecule has 0 saturated heterocycles. The third kappa shape index (κ3) is 2.94. The molecule has 1 aromatic rings. The molecular weight excluding hydrogens is 237 g/mol. The molecule has 0 saturated carbocycles. The number of aldehydes is 1. The van der Waals surface area contributed by atoms with E-state index in [0.29, 0.717) is 6.29 Å². The summed E-state index contributed by atoms with van der Waals surface area (Å²) >= 11 is 11.6. The highest BCUT2D eigenvalue weighted by atomic mass is 35.5. The van der Waals surface area contributed by atoms with E-state index in [-0.39, 0.29) is 15.6 Å². The third-order valence-corrected chi connectivity index (χ3v) is 2.38. The summed E-state index contributed by atoms with van der Waals surface area (Å²) in [5, 5.41) is 2.98. The van der Waals surface area contributed by atoms with Crippen LogP contribution in [0.1, 0.15) is 17.3 Å². The Kier molecular flexibility index (Phi) is 4.12. The fourth-order valence-electron chi connectivity index (χ4n) is 1.03. The van der Waals surface area contributed by atoms with E-state index in [4.69, 9.17) is 23.2 Å². The zero-order valence-corrected chi connectivity index (χ0v) is 9.47. The van der Waals surface area contributed by atoms with Crippen LogP contribution in [0, 0.1) is 0 Å². The molecule has 1 atom stereocenters. The Labute approximate surface area is 97.4 Å². The minimum absolute atomic E-state index is 0.189. The van der Waals surface area contributed by atoms with Gasteiger partial charge in [0.2, 0.25) is 0 Å². The van der Waals surface area contributed by atoms with Crippen molar-refractivity contribution in [1.82, 2.24) is 5.32 Å². The highest BCUT2D eigenvalue weighted by Crippen LogP contribution is 2.23. The molecule has 0 aliphatic rings. The van der Waals surface area contributed by atoms with Crippen molar-refractivity contribution in [3.05, 3.63) is 33.8 Å². The van der Waals surface area contributed by atoms with Gasteiger partial charge >= 0.3 is 0 Å². The predicted molar refractivity (Wildman–Crippen MR) is 59.5 cm³/mol. The molecular formula is C10H9Cl2NO2. The zero-order valence-electron chi connectivity index (χ0n) is 7.96. The minimum atomic E-state index is -0.565. The summed E-state index contributed by atoms with van der Waals surface area (Å²) in [4.78, 5) is 22.0. The number of hydrogen-bond donors (Lipinski definition) is 1. The van der Waals surface area contributed by atoms with Gasteiger partial charge in [-0.25, -0.2) is 0 Å². The van der Waals surface area contributed by atoms with Gasteiger partial charge in [0, 0.05) is 0 Å². The summed E-state index contributed by atoms with van der Waals surface area (Å²) in [6.45, 7) is 1.57. The predicted octanol–water partition coefficient (Wildman–Crippen LogP) is 2.31. The number of rotatable bonds is 3. The molecule has 1 aromatic carbocycles. The van der Waals surface area contributed by atoms with E-state index >= 15 is 0 Å². The van der Waals surface area contributed by atoms with Gasteiger partial charge in [-0.15, -0.1) is 0 Å². The highest BCUT2D eigenvalue weighted by molar-refractivity contribution is 6.39. The number of benzene rings is 1. The van der Waals surface area contributed by atoms with Crippen molar-refractivity contribution in [3.8, 4) is 0 Å². The van der Waals surface area contributed by atoms with E-state index in [9.17, 15) is 9.59 Å². The van der Waals surface area contributed by atoms with Crippen molar-refractivity contribution in [2.45, 2.75) is 13.0 Å². The molecule has 0 aliphatic heterocycles. The van der Waals surface area contributed by atoms with Crippen molar-refractivity contribution in [2.75, 3.05) is 0 Å². The number of carbonyl (C=O) groups excluding carboxylic acids is 2. The van der Waals surface area contributed by atoms with Crippen LogP contribution < -0.4 is 5.32 Å². The van der Waals surface area contributed by atoms with Crippen molar-refractivity contribution in [3.63, 3.8) is 0 Å². The monoisotopic (exact) mass is 245 g/mol. The number of amides is 1. The van der Waals surface area contributed by atoms with Crippen molar-refractivity contribution >= 4 is 35.4 Å². The second kappa shape index (κ2) is 5.14. The molecule has 1 unspecified atom stereocenters. The molecule has 5 heteroatoms. The first-order chi connectivity index (χ1) is 7.06. The van der Waals surface area contributed by atoms with Crippen LogP contribution in [0.25, 0.3) is 0 Å². The van der Waals surface area contributed by atoms with Crippen LogP contribution in [0.3, 0.4) is 0 Å². The first-order valence-electron chi connectivity index (χ1n) is 4.26. The van der Waals surface area contributed by atoms with Gasteiger partial charge in [0.05, 0.1) is 21.7 Å². The molecule has 0 heterocycles. The van der Waals surface area contributed by atoms with Crippen LogP contribution in [-0.2, 0) is 4.79 Å². The van der Waals surface area contributed by atoms with Gasteiger partial charge in [-0.3, -0.25) is 4.79 Å². The lowest BCUT2D eigenvalue weighted by molar-refractivity contribution is -0.109. The lowest BCUT2D eigenvalue weighted by Gasteiger charge is -2.09. The molecule has 80 valence electrons. The highest BCUT2D eigenvalue weighted by Gasteiger charge is 2.15. The van der Waals surface area contributed by atoms with Crippen LogP contribution in [-0.4, -0.2) is 18.2 Å². The Balaban J connectivity index is 2.96. The van der Waals surface area contributed by atoms with Crippen molar-refractivity contribution in [2.24, 2.45) is 0 Å². The van der Waals surface area contributed by atoms with Crippen LogP contribution in [0.5, 0.6) is 0 Å². The van der Waals surface area contributed by atoms with Crippen LogP contribution in [0.2, 0.25) is 10.0 Å². The molecule has 0 radical (unpaired) electrons. The third-order valence-electron chi connectivity index (χ3n) is 1.75. The van der Waals surface area contributed by atoms with E-state index in [1.165, 1.54) is 0 Å². The normalized spacial score (nSPS) is 11.9. The Bertz CT molecular complexity index is 373. The van der Waals surface area contributed by atoms with Crippen LogP contribution >= 0.6 is 23.2 Å². The average Bonchev–Trinajstić information content (AvgIpc) is 2.17. The number of hydrogen-bond acceptors (Lipinski definition) is 2. The Morgan fingerprint density at radius 2 is 1.93 bits per heavy atom. The second-order valence-electron chi connectivity index (χ2n) is 2.99. The van der Waals surface area contributed by atoms with E-state index in [1.807, 2.05) is 0 Å². The largest absolute Gasteiger partial charge is 0.343 e. The smallest absolute Gasteiger partial charge is 0.254 e. The number of halogens is 2. The van der Waals surface area contributed by atoms with E-state index in [2.05, 4.69) is 5.32 Å². The lowest BCUT2D eigenvalue weighted by atomic mass is 10.2. The Morgan fingerprint density at radius 3 is 2.40 bits per heavy atom. The maximum Gasteiger partial charge on any atom is 0.254 e. The average molecular weight is 246 g/mol. The Hall–Kier alpha value is -1.06. The maximum absolute atomic E-state index is 11.6. The molecule has 0 fully saturated rings. The number of nitrogens with one attached hydrogen (secondary N) is 1. The van der Waals surface area contributed by atoms with Crippen LogP contribution in [0.15, 0.2) is 18.2 Å². The summed E-state index contributed by atoms with van der Waals surface area (Å²) in [6, 6.07) is 4.21. The molecule has 3 nitrogen and oxygen atoms in total. The molecule has 0 bridgehead atoms. The molecule has 1 amide bonds. The van der Waals surface area contributed by atoms with Gasteiger partial charge < -0.3 is 10.1 Å². The first kappa shape index (κ1) is 12.0. The van der Waals surface area contributed by atoms with Gasteiger partial charge in [-0.05, 0) is 19.1 Å². The Morgan fingerprint density at radius 1 is 1.40 bits per heavy atom. The summed E-state index contributed by atoms with van der Waals surface area (Å²) in [6.07, 6.45) is 0.628. The maximum atomic E-state index is 11.6. The van der Waals surface area contributed by atoms with Gasteiger partial charge in [-0.1, -0.05) is 29.3 Å². The van der Waals surface area contributed by atoms with E-state index in [0.717, 1.165) is 0 Å². The summed E-state index contributed by atoms with van der Waals surface area (Å²) < 4.78 is 0. The first-order valence-corrected chi connectivity index (χ1v) is 5.02. The minimum Gasteiger partial charge on any atom is -0.343 e. The second-order valence-corrected chi connectivity index (χ2v) is 3.81. The van der Waals surface area contributed by atoms with Crippen molar-refractivity contribution in [1.29, 1.82) is 0 Å². The van der Waals surface area contributed by atoms with Crippen LogP contribution in [0.4, 0.5) is 0 Å². The molecule has 0 spiro atoms. The van der Waals surface area contributed by atoms with Gasteiger partial charge in [0.25, 0.3) is 5.91 Å². The molecule has 0 aromatic heterocycles. The zero-order chi connectivity index (χ0) is 11.4. The fraction of sp³-hybridized carbons (Fsp3) is 0.200. The van der Waals surface area contributed by atoms with E-state index in [1.54, 1.807) is 25.1 Å². The standard InChI is InChI=1S/C10H9Cl2NO2/c1-6(5-14)13-10(15)9-7(11)3-2-4-8(9)12/h2-6H,1H3,(H,13,15). The molecule has 1 rings (SSSR count). The van der Waals surface area contributed by atoms with Gasteiger partial charge in [0.15, 0.2) is 0 Å². The van der Waals surface area contributed by atoms with Gasteiger partial charge in [0.1, 0.15) is 6.29 Å². The molecule has 1 N–H and O–H groups in total. The lowest BCUT2D eigenvalue weighted by Crippen LogP contribution is -2.33. The quantitative estimate of drug-likeness (QED) is 0.832. The van der Waals surface area contributed by atoms with E-state index < -0.39 is 11.9 Å². The molecule has 15 heavy (non-hydrogen) atoms. The fourth-order valence-corrected chi connectivity index (χ4v) is 1.60. The summed E-state index contributed by atoms with van der Waals surface area (Å²) in [7, 11) is 0. The summed E-state index contributed by atoms with van der Waals surface area (Å²) in [5.41, 5.74) is 0.189. The van der Waals surface area contributed by atoms with Gasteiger partial charge in [-0.2, -0.15) is 0 Å². The topological polar surface area (TPSA) is 46.2 Å². The SMILES string of the molecule is CC(C=O)NC(=O)c1c(Cl)cccc1Cl. The number of carbonyl (C=O) groups is 2. The molecule has 0 aliphatic carbocycles. The van der Waals surface area contributed by atoms with Crippen molar-refractivity contribution < 1.29 is 9.59 Å². The summed E-state index contributed by atoms with van der Waals surface area (Å²) in [5.74, 6) is -0.454.